The monoisotopic (exact) mass is 273 g/mol. The highest BCUT2D eigenvalue weighted by Crippen LogP contribution is 2.24. The molecule has 0 bridgehead atoms. The number of nitrogens with one attached hydrogen (secondary N) is 1. The summed E-state index contributed by atoms with van der Waals surface area (Å²) < 4.78 is 1.78. The Kier molecular flexibility index (Phi) is 3.27. The zero-order chi connectivity index (χ0) is 14.1. The molecule has 3 heterocycles. The number of nitrogens with two attached hydrogens (primary N) is 1. The molecule has 3 rings (SSSR count). The second-order valence-electron chi connectivity index (χ2n) is 5.03. The van der Waals surface area contributed by atoms with Crippen LogP contribution >= 0.6 is 0 Å². The standard InChI is InChI=1S/C13H19N7/c1-15-9-4-6-20(8-9)12-7-10(17-13(14)18-12)11-3-5-16-19(11)2/h3,5,7,9,15H,4,6,8H2,1-2H3,(H2,14,17,18). The van der Waals surface area contributed by atoms with Crippen LogP contribution in [0.5, 0.6) is 0 Å². The molecule has 0 aromatic carbocycles. The molecule has 1 fully saturated rings. The zero-order valence-electron chi connectivity index (χ0n) is 11.7. The molecule has 1 aliphatic rings. The maximum Gasteiger partial charge on any atom is 0.222 e. The number of anilines is 2. The van der Waals surface area contributed by atoms with E-state index in [1.165, 1.54) is 0 Å². The molecule has 0 radical (unpaired) electrons. The largest absolute Gasteiger partial charge is 0.368 e. The fraction of sp³-hybridized carbons (Fsp3) is 0.462. The van der Waals surface area contributed by atoms with Gasteiger partial charge in [0.25, 0.3) is 0 Å². The van der Waals surface area contributed by atoms with Crippen molar-refractivity contribution in [3.8, 4) is 11.4 Å². The Morgan fingerprint density at radius 3 is 2.90 bits per heavy atom. The number of hydrogen-bond donors (Lipinski definition) is 2. The first-order valence-electron chi connectivity index (χ1n) is 6.72. The van der Waals surface area contributed by atoms with Crippen LogP contribution in [-0.4, -0.2) is 45.9 Å². The van der Waals surface area contributed by atoms with Crippen LogP contribution in [0, 0.1) is 0 Å². The van der Waals surface area contributed by atoms with Crippen LogP contribution in [0.4, 0.5) is 11.8 Å². The number of likely N-dealkylation sites (N-methyl/N-ethyl adjacent to an activating group) is 1. The molecule has 0 amide bonds. The van der Waals surface area contributed by atoms with Gasteiger partial charge in [0.05, 0.1) is 11.4 Å². The van der Waals surface area contributed by atoms with Gasteiger partial charge < -0.3 is 16.0 Å². The molecule has 20 heavy (non-hydrogen) atoms. The van der Waals surface area contributed by atoms with Crippen molar-refractivity contribution in [1.29, 1.82) is 0 Å². The molecule has 3 N–H and O–H groups in total. The highest BCUT2D eigenvalue weighted by molar-refractivity contribution is 5.61. The van der Waals surface area contributed by atoms with Crippen LogP contribution in [0.1, 0.15) is 6.42 Å². The third kappa shape index (κ3) is 2.32. The first-order valence-corrected chi connectivity index (χ1v) is 6.72. The van der Waals surface area contributed by atoms with Gasteiger partial charge in [0.15, 0.2) is 0 Å². The minimum atomic E-state index is 0.298. The number of nitrogens with zero attached hydrogens (tertiary/aromatic N) is 5. The van der Waals surface area contributed by atoms with E-state index in [0.717, 1.165) is 36.7 Å². The normalized spacial score (nSPS) is 18.7. The minimum absolute atomic E-state index is 0.298. The number of rotatable bonds is 3. The van der Waals surface area contributed by atoms with E-state index in [2.05, 4.69) is 25.3 Å². The van der Waals surface area contributed by atoms with Crippen LogP contribution in [0.3, 0.4) is 0 Å². The van der Waals surface area contributed by atoms with Gasteiger partial charge in [0, 0.05) is 38.4 Å². The lowest BCUT2D eigenvalue weighted by Gasteiger charge is -2.18. The van der Waals surface area contributed by atoms with E-state index in [4.69, 9.17) is 5.73 Å². The Morgan fingerprint density at radius 1 is 1.40 bits per heavy atom. The average molecular weight is 273 g/mol. The average Bonchev–Trinajstić information content (AvgIpc) is 3.06. The number of aromatic nitrogens is 4. The van der Waals surface area contributed by atoms with Crippen molar-refractivity contribution < 1.29 is 0 Å². The molecule has 2 aromatic rings. The molecule has 1 saturated heterocycles. The summed E-state index contributed by atoms with van der Waals surface area (Å²) in [5.41, 5.74) is 7.60. The fourth-order valence-corrected chi connectivity index (χ4v) is 2.57. The SMILES string of the molecule is CNC1CCN(c2cc(-c3ccnn3C)nc(N)n2)C1. The zero-order valence-corrected chi connectivity index (χ0v) is 11.7. The second kappa shape index (κ2) is 5.09. The first-order chi connectivity index (χ1) is 9.67. The molecule has 7 nitrogen and oxygen atoms in total. The van der Waals surface area contributed by atoms with Crippen molar-refractivity contribution in [3.63, 3.8) is 0 Å². The summed E-state index contributed by atoms with van der Waals surface area (Å²) in [6.45, 7) is 1.92. The van der Waals surface area contributed by atoms with Gasteiger partial charge in [-0.2, -0.15) is 10.1 Å². The summed E-state index contributed by atoms with van der Waals surface area (Å²) >= 11 is 0. The van der Waals surface area contributed by atoms with E-state index >= 15 is 0 Å². The maximum atomic E-state index is 5.86. The molecule has 0 spiro atoms. The summed E-state index contributed by atoms with van der Waals surface area (Å²) in [6, 6.07) is 4.41. The van der Waals surface area contributed by atoms with Gasteiger partial charge in [0.2, 0.25) is 5.95 Å². The Labute approximate surface area is 117 Å². The van der Waals surface area contributed by atoms with Gasteiger partial charge in [0.1, 0.15) is 5.82 Å². The second-order valence-corrected chi connectivity index (χ2v) is 5.03. The van der Waals surface area contributed by atoms with Crippen molar-refractivity contribution in [2.75, 3.05) is 30.8 Å². The quantitative estimate of drug-likeness (QED) is 0.834. The van der Waals surface area contributed by atoms with Crippen molar-refractivity contribution >= 4 is 11.8 Å². The molecule has 0 saturated carbocycles. The summed E-state index contributed by atoms with van der Waals surface area (Å²) in [4.78, 5) is 10.9. The molecule has 2 aromatic heterocycles. The van der Waals surface area contributed by atoms with Crippen LogP contribution in [0.15, 0.2) is 18.3 Å². The fourth-order valence-electron chi connectivity index (χ4n) is 2.57. The molecule has 7 heteroatoms. The molecule has 1 atom stereocenters. The van der Waals surface area contributed by atoms with E-state index < -0.39 is 0 Å². The number of aryl methyl sites for hydroxylation is 1. The minimum Gasteiger partial charge on any atom is -0.368 e. The summed E-state index contributed by atoms with van der Waals surface area (Å²) in [5, 5.41) is 7.47. The van der Waals surface area contributed by atoms with Gasteiger partial charge in [-0.15, -0.1) is 0 Å². The third-order valence-corrected chi connectivity index (χ3v) is 3.73. The van der Waals surface area contributed by atoms with Gasteiger partial charge in [-0.25, -0.2) is 4.98 Å². The van der Waals surface area contributed by atoms with E-state index in [9.17, 15) is 0 Å². The highest BCUT2D eigenvalue weighted by atomic mass is 15.3. The van der Waals surface area contributed by atoms with Crippen LogP contribution in [0.25, 0.3) is 11.4 Å². The predicted molar refractivity (Wildman–Crippen MR) is 78.3 cm³/mol. The lowest BCUT2D eigenvalue weighted by molar-refractivity contribution is 0.616. The van der Waals surface area contributed by atoms with Crippen molar-refractivity contribution in [2.24, 2.45) is 7.05 Å². The Balaban J connectivity index is 1.93. The van der Waals surface area contributed by atoms with Gasteiger partial charge >= 0.3 is 0 Å². The van der Waals surface area contributed by atoms with Crippen molar-refractivity contribution in [3.05, 3.63) is 18.3 Å². The lowest BCUT2D eigenvalue weighted by atomic mass is 10.3. The molecule has 106 valence electrons. The Bertz CT molecular complexity index is 607. The smallest absolute Gasteiger partial charge is 0.222 e. The predicted octanol–water partition coefficient (Wildman–Crippen LogP) is 0.257. The summed E-state index contributed by atoms with van der Waals surface area (Å²) in [6.07, 6.45) is 2.86. The Morgan fingerprint density at radius 2 is 2.25 bits per heavy atom. The Hall–Kier alpha value is -2.15. The van der Waals surface area contributed by atoms with Gasteiger partial charge in [-0.1, -0.05) is 0 Å². The van der Waals surface area contributed by atoms with E-state index in [-0.39, 0.29) is 0 Å². The lowest BCUT2D eigenvalue weighted by Crippen LogP contribution is -2.30. The van der Waals surface area contributed by atoms with Crippen molar-refractivity contribution in [1.82, 2.24) is 25.1 Å². The van der Waals surface area contributed by atoms with Gasteiger partial charge in [-0.05, 0) is 19.5 Å². The molecule has 0 aliphatic carbocycles. The van der Waals surface area contributed by atoms with E-state index in [0.29, 0.717) is 12.0 Å². The highest BCUT2D eigenvalue weighted by Gasteiger charge is 2.23. The third-order valence-electron chi connectivity index (χ3n) is 3.73. The topological polar surface area (TPSA) is 84.9 Å². The van der Waals surface area contributed by atoms with E-state index in [1.54, 1.807) is 10.9 Å². The molecule has 1 unspecified atom stereocenters. The van der Waals surface area contributed by atoms with Crippen LogP contribution in [0.2, 0.25) is 0 Å². The molecule has 1 aliphatic heterocycles. The van der Waals surface area contributed by atoms with Crippen LogP contribution < -0.4 is 16.0 Å². The number of nitrogen functional groups attached to an aromatic ring is 1. The summed E-state index contributed by atoms with van der Waals surface area (Å²) in [7, 11) is 3.88. The van der Waals surface area contributed by atoms with E-state index in [1.807, 2.05) is 26.2 Å². The first kappa shape index (κ1) is 12.9. The van der Waals surface area contributed by atoms with Crippen molar-refractivity contribution in [2.45, 2.75) is 12.5 Å². The molecular weight excluding hydrogens is 254 g/mol. The summed E-state index contributed by atoms with van der Waals surface area (Å²) in [5.74, 6) is 1.18. The number of hydrogen-bond acceptors (Lipinski definition) is 6. The van der Waals surface area contributed by atoms with Gasteiger partial charge in [-0.3, -0.25) is 4.68 Å². The molecular formula is C13H19N7. The maximum absolute atomic E-state index is 5.86. The van der Waals surface area contributed by atoms with Crippen LogP contribution in [-0.2, 0) is 7.05 Å².